The molecule has 0 spiro atoms. The van der Waals surface area contributed by atoms with Crippen LogP contribution in [0, 0.1) is 0 Å². The first-order valence-electron chi connectivity index (χ1n) is 11.8. The van der Waals surface area contributed by atoms with Gasteiger partial charge in [-0.3, -0.25) is 34.2 Å². The molecular formula is C26H26N4O7. The molecule has 2 heterocycles. The molecule has 11 heteroatoms. The number of benzene rings is 2. The largest absolute Gasteiger partial charge is 0.478 e. The maximum atomic E-state index is 13.1. The molecule has 1 atom stereocenters. The fourth-order valence-electron chi connectivity index (χ4n) is 4.56. The Hall–Kier alpha value is -4.54. The fourth-order valence-corrected chi connectivity index (χ4v) is 4.56. The molecular weight excluding hydrogens is 480 g/mol. The van der Waals surface area contributed by atoms with Gasteiger partial charge >= 0.3 is 5.97 Å². The van der Waals surface area contributed by atoms with Gasteiger partial charge in [-0.05, 0) is 55.8 Å². The van der Waals surface area contributed by atoms with Crippen LogP contribution < -0.4 is 10.2 Å². The molecule has 2 aromatic rings. The summed E-state index contributed by atoms with van der Waals surface area (Å²) in [4.78, 5) is 76.6. The van der Waals surface area contributed by atoms with Crippen LogP contribution in [0.4, 0.5) is 5.69 Å². The molecule has 11 nitrogen and oxygen atoms in total. The van der Waals surface area contributed by atoms with Crippen molar-refractivity contribution in [2.75, 3.05) is 31.1 Å². The molecule has 1 saturated heterocycles. The van der Waals surface area contributed by atoms with E-state index >= 15 is 0 Å². The summed E-state index contributed by atoms with van der Waals surface area (Å²) in [5.74, 6) is -2.56. The Labute approximate surface area is 212 Å². The van der Waals surface area contributed by atoms with Gasteiger partial charge < -0.3 is 14.9 Å². The maximum Gasteiger partial charge on any atom is 0.335 e. The highest BCUT2D eigenvalue weighted by molar-refractivity contribution is 6.22. The third-order valence-corrected chi connectivity index (χ3v) is 6.66. The van der Waals surface area contributed by atoms with E-state index < -0.39 is 29.7 Å². The summed E-state index contributed by atoms with van der Waals surface area (Å²) in [5, 5.41) is 11.1. The first kappa shape index (κ1) is 25.5. The minimum absolute atomic E-state index is 0.00522. The number of carbonyl (C=O) groups excluding carboxylic acids is 5. The maximum absolute atomic E-state index is 13.1. The highest BCUT2D eigenvalue weighted by Crippen LogP contribution is 2.30. The first-order chi connectivity index (χ1) is 17.7. The molecule has 0 aromatic heterocycles. The number of amides is 5. The Balaban J connectivity index is 1.39. The van der Waals surface area contributed by atoms with Gasteiger partial charge in [-0.2, -0.15) is 0 Å². The lowest BCUT2D eigenvalue weighted by molar-refractivity contribution is -0.125. The summed E-state index contributed by atoms with van der Waals surface area (Å²) in [6, 6.07) is 10.4. The van der Waals surface area contributed by atoms with Gasteiger partial charge in [-0.25, -0.2) is 4.79 Å². The lowest BCUT2D eigenvalue weighted by atomic mass is 10.1. The van der Waals surface area contributed by atoms with Crippen LogP contribution in [0.2, 0.25) is 0 Å². The van der Waals surface area contributed by atoms with Crippen LogP contribution in [0.5, 0.6) is 0 Å². The molecule has 4 rings (SSSR count). The molecule has 0 aliphatic carbocycles. The number of imide groups is 2. The smallest absolute Gasteiger partial charge is 0.335 e. The summed E-state index contributed by atoms with van der Waals surface area (Å²) in [5.41, 5.74) is 1.89. The van der Waals surface area contributed by atoms with E-state index in [0.717, 1.165) is 10.6 Å². The SMILES string of the molecule is CC(CCC(=O)NC=O)N1C(=O)c2ccc(N3CCN(C(=O)c4ccc(C(=O)O)cc4)CC3)cc2C1=O. The number of aromatic carboxylic acids is 1. The molecule has 0 bridgehead atoms. The Kier molecular flexibility index (Phi) is 7.32. The highest BCUT2D eigenvalue weighted by Gasteiger charge is 2.39. The van der Waals surface area contributed by atoms with Gasteiger partial charge in [-0.15, -0.1) is 0 Å². The minimum Gasteiger partial charge on any atom is -0.478 e. The standard InChI is InChI=1S/C26H26N4O7/c1-16(2-9-22(32)27-15-31)30-24(34)20-8-7-19(14-21(20)25(30)35)28-10-12-29(13-11-28)23(33)17-3-5-18(6-4-17)26(36)37/h3-8,14-16H,2,9-13H2,1H3,(H,36,37)(H,27,31,32). The third-order valence-electron chi connectivity index (χ3n) is 6.66. The van der Waals surface area contributed by atoms with Gasteiger partial charge in [0.05, 0.1) is 16.7 Å². The Morgan fingerprint density at radius 2 is 1.57 bits per heavy atom. The lowest BCUT2D eigenvalue weighted by Gasteiger charge is -2.36. The van der Waals surface area contributed by atoms with Crippen molar-refractivity contribution in [3.05, 3.63) is 64.7 Å². The number of piperazine rings is 1. The van der Waals surface area contributed by atoms with E-state index in [4.69, 9.17) is 5.11 Å². The van der Waals surface area contributed by atoms with E-state index in [-0.39, 0.29) is 24.3 Å². The monoisotopic (exact) mass is 506 g/mol. The molecule has 2 aromatic carbocycles. The van der Waals surface area contributed by atoms with Crippen molar-refractivity contribution in [3.8, 4) is 0 Å². The summed E-state index contributed by atoms with van der Waals surface area (Å²) in [6.45, 7) is 3.60. The molecule has 2 N–H and O–H groups in total. The summed E-state index contributed by atoms with van der Waals surface area (Å²) in [7, 11) is 0. The number of carboxylic acid groups (broad SMARTS) is 1. The predicted octanol–water partition coefficient (Wildman–Crippen LogP) is 1.38. The second kappa shape index (κ2) is 10.6. The molecule has 5 amide bonds. The number of nitrogens with one attached hydrogen (secondary N) is 1. The van der Waals surface area contributed by atoms with Gasteiger partial charge in [0.15, 0.2) is 0 Å². The fraction of sp³-hybridized carbons (Fsp3) is 0.308. The van der Waals surface area contributed by atoms with E-state index in [0.29, 0.717) is 49.3 Å². The van der Waals surface area contributed by atoms with Gasteiger partial charge in [0, 0.05) is 49.9 Å². The zero-order valence-corrected chi connectivity index (χ0v) is 20.2. The van der Waals surface area contributed by atoms with E-state index in [1.807, 2.05) is 10.2 Å². The molecule has 1 fully saturated rings. The molecule has 2 aliphatic rings. The van der Waals surface area contributed by atoms with Crippen molar-refractivity contribution >= 4 is 41.7 Å². The number of hydrogen-bond acceptors (Lipinski definition) is 7. The average molecular weight is 507 g/mol. The van der Waals surface area contributed by atoms with Crippen molar-refractivity contribution in [1.82, 2.24) is 15.1 Å². The van der Waals surface area contributed by atoms with E-state index in [1.54, 1.807) is 30.0 Å². The summed E-state index contributed by atoms with van der Waals surface area (Å²) >= 11 is 0. The summed E-state index contributed by atoms with van der Waals surface area (Å²) in [6.07, 6.45) is 0.531. The van der Waals surface area contributed by atoms with Gasteiger partial charge in [-0.1, -0.05) is 0 Å². The molecule has 37 heavy (non-hydrogen) atoms. The molecule has 1 unspecified atom stereocenters. The van der Waals surface area contributed by atoms with E-state index in [2.05, 4.69) is 0 Å². The lowest BCUT2D eigenvalue weighted by Crippen LogP contribution is -2.48. The Morgan fingerprint density at radius 3 is 2.19 bits per heavy atom. The summed E-state index contributed by atoms with van der Waals surface area (Å²) < 4.78 is 0. The normalized spacial score (nSPS) is 15.9. The number of hydrogen-bond donors (Lipinski definition) is 2. The number of fused-ring (bicyclic) bond motifs is 1. The van der Waals surface area contributed by atoms with Crippen molar-refractivity contribution in [1.29, 1.82) is 0 Å². The van der Waals surface area contributed by atoms with Crippen LogP contribution in [-0.4, -0.2) is 83.1 Å². The van der Waals surface area contributed by atoms with E-state index in [9.17, 15) is 28.8 Å². The zero-order valence-electron chi connectivity index (χ0n) is 20.2. The van der Waals surface area contributed by atoms with Gasteiger partial charge in [0.2, 0.25) is 12.3 Å². The second-order valence-electron chi connectivity index (χ2n) is 8.95. The van der Waals surface area contributed by atoms with Crippen molar-refractivity contribution in [2.45, 2.75) is 25.8 Å². The van der Waals surface area contributed by atoms with Crippen LogP contribution in [0.3, 0.4) is 0 Å². The zero-order chi connectivity index (χ0) is 26.7. The molecule has 0 saturated carbocycles. The number of nitrogens with zero attached hydrogens (tertiary/aromatic N) is 3. The average Bonchev–Trinajstić information content (AvgIpc) is 3.16. The number of carbonyl (C=O) groups is 6. The third kappa shape index (κ3) is 5.20. The van der Waals surface area contributed by atoms with Crippen molar-refractivity contribution in [3.63, 3.8) is 0 Å². The van der Waals surface area contributed by atoms with E-state index in [1.165, 1.54) is 24.3 Å². The number of anilines is 1. The molecule has 192 valence electrons. The Bertz CT molecular complexity index is 1270. The van der Waals surface area contributed by atoms with Crippen LogP contribution in [-0.2, 0) is 9.59 Å². The second-order valence-corrected chi connectivity index (χ2v) is 8.95. The highest BCUT2D eigenvalue weighted by atomic mass is 16.4. The first-order valence-corrected chi connectivity index (χ1v) is 11.8. The van der Waals surface area contributed by atoms with Gasteiger partial charge in [0.1, 0.15) is 0 Å². The Morgan fingerprint density at radius 1 is 0.946 bits per heavy atom. The molecule has 2 aliphatic heterocycles. The minimum atomic E-state index is -1.05. The van der Waals surface area contributed by atoms with Crippen LogP contribution in [0.25, 0.3) is 0 Å². The van der Waals surface area contributed by atoms with Crippen molar-refractivity contribution in [2.24, 2.45) is 0 Å². The number of rotatable bonds is 8. The van der Waals surface area contributed by atoms with Gasteiger partial charge in [0.25, 0.3) is 17.7 Å². The predicted molar refractivity (Wildman–Crippen MR) is 131 cm³/mol. The van der Waals surface area contributed by atoms with Crippen molar-refractivity contribution < 1.29 is 33.9 Å². The van der Waals surface area contributed by atoms with Crippen LogP contribution in [0.15, 0.2) is 42.5 Å². The van der Waals surface area contributed by atoms with Crippen LogP contribution >= 0.6 is 0 Å². The van der Waals surface area contributed by atoms with Crippen LogP contribution in [0.1, 0.15) is 61.2 Å². The quantitative estimate of drug-likeness (QED) is 0.404. The number of carboxylic acids is 1. The molecule has 0 radical (unpaired) electrons. The topological polar surface area (TPSA) is 144 Å².